The average Bonchev–Trinajstić information content (AvgIpc) is 2.88. The molecule has 0 spiro atoms. The van der Waals surface area contributed by atoms with E-state index in [9.17, 15) is 18.0 Å². The summed E-state index contributed by atoms with van der Waals surface area (Å²) in [5.41, 5.74) is 1.98. The molecule has 1 heterocycles. The van der Waals surface area contributed by atoms with Crippen LogP contribution >= 0.6 is 0 Å². The zero-order chi connectivity index (χ0) is 24.6. The van der Waals surface area contributed by atoms with Gasteiger partial charge in [-0.2, -0.15) is 0 Å². The van der Waals surface area contributed by atoms with Crippen molar-refractivity contribution in [1.82, 2.24) is 9.80 Å². The fourth-order valence-corrected chi connectivity index (χ4v) is 4.79. The molecule has 0 unspecified atom stereocenters. The molecule has 1 saturated heterocycles. The monoisotopic (exact) mass is 480 g/mol. The Hall–Kier alpha value is -3.12. The van der Waals surface area contributed by atoms with Crippen molar-refractivity contribution < 1.29 is 18.0 Å². The number of amides is 1. The first kappa shape index (κ1) is 25.0. The molecule has 3 aromatic carbocycles. The number of aryl methyl sites for hydroxylation is 1. The molecule has 4 rings (SSSR count). The van der Waals surface area contributed by atoms with Crippen LogP contribution in [-0.2, 0) is 12.8 Å². The maximum atomic E-state index is 14.5. The quantitative estimate of drug-likeness (QED) is 0.357. The van der Waals surface area contributed by atoms with Crippen molar-refractivity contribution in [3.8, 4) is 0 Å². The summed E-state index contributed by atoms with van der Waals surface area (Å²) in [5, 5.41) is 0. The lowest BCUT2D eigenvalue weighted by molar-refractivity contribution is 0.0569. The zero-order valence-corrected chi connectivity index (χ0v) is 19.8. The van der Waals surface area contributed by atoms with E-state index in [4.69, 9.17) is 0 Å². The van der Waals surface area contributed by atoms with Crippen molar-refractivity contribution in [2.24, 2.45) is 0 Å². The molecule has 3 nitrogen and oxygen atoms in total. The van der Waals surface area contributed by atoms with E-state index >= 15 is 0 Å². The number of likely N-dealkylation sites (tertiary alicyclic amines) is 1. The summed E-state index contributed by atoms with van der Waals surface area (Å²) >= 11 is 0. The minimum atomic E-state index is -1.29. The SMILES string of the molecule is O=C(c1cc(F)c(F)cc1F)N(CCc1ccccc1)C1CCN(CCCc2ccccc2)CC1. The van der Waals surface area contributed by atoms with Crippen molar-refractivity contribution in [3.63, 3.8) is 0 Å². The standard InChI is InChI=1S/C29H31F3N2O/c30-26-21-28(32)27(31)20-25(26)29(35)34(19-13-23-10-5-2-6-11-23)24-14-17-33(18-15-24)16-7-12-22-8-3-1-4-9-22/h1-6,8-11,20-21,24H,7,12-19H2. The molecule has 6 heteroatoms. The molecule has 0 radical (unpaired) electrons. The highest BCUT2D eigenvalue weighted by Gasteiger charge is 2.30. The van der Waals surface area contributed by atoms with E-state index < -0.39 is 28.9 Å². The molecule has 1 fully saturated rings. The van der Waals surface area contributed by atoms with Crippen LogP contribution in [0.2, 0.25) is 0 Å². The van der Waals surface area contributed by atoms with Gasteiger partial charge in [-0.25, -0.2) is 13.2 Å². The van der Waals surface area contributed by atoms with Crippen LogP contribution in [0.4, 0.5) is 13.2 Å². The van der Waals surface area contributed by atoms with E-state index in [-0.39, 0.29) is 6.04 Å². The molecule has 0 saturated carbocycles. The van der Waals surface area contributed by atoms with Gasteiger partial charge in [-0.1, -0.05) is 60.7 Å². The molecule has 0 atom stereocenters. The van der Waals surface area contributed by atoms with Crippen LogP contribution in [0.1, 0.15) is 40.7 Å². The van der Waals surface area contributed by atoms with Gasteiger partial charge in [-0.05, 0) is 55.8 Å². The minimum Gasteiger partial charge on any atom is -0.335 e. The Morgan fingerprint density at radius 3 is 2.00 bits per heavy atom. The van der Waals surface area contributed by atoms with Crippen molar-refractivity contribution in [2.75, 3.05) is 26.2 Å². The molecule has 0 N–H and O–H groups in total. The van der Waals surface area contributed by atoms with Gasteiger partial charge >= 0.3 is 0 Å². The second-order valence-electron chi connectivity index (χ2n) is 9.14. The third-order valence-corrected chi connectivity index (χ3v) is 6.77. The maximum absolute atomic E-state index is 14.5. The molecule has 0 bridgehead atoms. The van der Waals surface area contributed by atoms with Gasteiger partial charge in [0.05, 0.1) is 5.56 Å². The number of carbonyl (C=O) groups is 1. The molecule has 0 aliphatic carbocycles. The van der Waals surface area contributed by atoms with E-state index in [0.717, 1.165) is 50.9 Å². The summed E-state index contributed by atoms with van der Waals surface area (Å²) in [6.07, 6.45) is 4.22. The molecule has 1 amide bonds. The number of rotatable bonds is 9. The van der Waals surface area contributed by atoms with Crippen LogP contribution in [-0.4, -0.2) is 47.9 Å². The normalized spacial score (nSPS) is 14.7. The topological polar surface area (TPSA) is 23.6 Å². The van der Waals surface area contributed by atoms with E-state index in [1.54, 1.807) is 4.90 Å². The predicted octanol–water partition coefficient (Wildman–Crippen LogP) is 5.89. The smallest absolute Gasteiger partial charge is 0.257 e. The van der Waals surface area contributed by atoms with Crippen LogP contribution in [0.15, 0.2) is 72.8 Å². The summed E-state index contributed by atoms with van der Waals surface area (Å²) < 4.78 is 41.8. The minimum absolute atomic E-state index is 0.0795. The number of nitrogens with zero attached hydrogens (tertiary/aromatic N) is 2. The van der Waals surface area contributed by atoms with Crippen LogP contribution in [0.25, 0.3) is 0 Å². The van der Waals surface area contributed by atoms with Gasteiger partial charge in [0.2, 0.25) is 0 Å². The van der Waals surface area contributed by atoms with Crippen LogP contribution in [0.3, 0.4) is 0 Å². The maximum Gasteiger partial charge on any atom is 0.257 e. The number of hydrogen-bond acceptors (Lipinski definition) is 2. The van der Waals surface area contributed by atoms with Gasteiger partial charge in [-0.3, -0.25) is 4.79 Å². The summed E-state index contributed by atoms with van der Waals surface area (Å²) in [7, 11) is 0. The molecule has 1 aliphatic heterocycles. The molecule has 35 heavy (non-hydrogen) atoms. The van der Waals surface area contributed by atoms with Crippen molar-refractivity contribution in [3.05, 3.63) is 107 Å². The molecule has 0 aromatic heterocycles. The Morgan fingerprint density at radius 2 is 1.37 bits per heavy atom. The fourth-order valence-electron chi connectivity index (χ4n) is 4.79. The highest BCUT2D eigenvalue weighted by atomic mass is 19.2. The van der Waals surface area contributed by atoms with Gasteiger partial charge < -0.3 is 9.80 Å². The van der Waals surface area contributed by atoms with Crippen LogP contribution < -0.4 is 0 Å². The van der Waals surface area contributed by atoms with E-state index in [1.165, 1.54) is 5.56 Å². The molecular weight excluding hydrogens is 449 g/mol. The van der Waals surface area contributed by atoms with Gasteiger partial charge in [0, 0.05) is 31.7 Å². The number of carbonyl (C=O) groups excluding carboxylic acids is 1. The average molecular weight is 481 g/mol. The first-order valence-corrected chi connectivity index (χ1v) is 12.3. The van der Waals surface area contributed by atoms with E-state index in [0.29, 0.717) is 25.1 Å². The summed E-state index contributed by atoms with van der Waals surface area (Å²) in [5.74, 6) is -4.12. The second-order valence-corrected chi connectivity index (χ2v) is 9.14. The molecule has 184 valence electrons. The number of halogens is 3. The number of benzene rings is 3. The van der Waals surface area contributed by atoms with Crippen LogP contribution in [0.5, 0.6) is 0 Å². The number of piperidine rings is 1. The van der Waals surface area contributed by atoms with Gasteiger partial charge in [0.15, 0.2) is 11.6 Å². The van der Waals surface area contributed by atoms with Gasteiger partial charge in [0.25, 0.3) is 5.91 Å². The highest BCUT2D eigenvalue weighted by molar-refractivity contribution is 5.94. The summed E-state index contributed by atoms with van der Waals surface area (Å²) in [4.78, 5) is 17.4. The van der Waals surface area contributed by atoms with Crippen molar-refractivity contribution in [2.45, 2.75) is 38.1 Å². The largest absolute Gasteiger partial charge is 0.335 e. The Morgan fingerprint density at radius 1 is 0.800 bits per heavy atom. The Bertz CT molecular complexity index is 1100. The Kier molecular flexibility index (Phi) is 8.59. The first-order valence-electron chi connectivity index (χ1n) is 12.3. The number of hydrogen-bond donors (Lipinski definition) is 0. The van der Waals surface area contributed by atoms with E-state index in [1.807, 2.05) is 36.4 Å². The molecule has 1 aliphatic rings. The second kappa shape index (κ2) is 12.0. The zero-order valence-electron chi connectivity index (χ0n) is 19.8. The summed E-state index contributed by atoms with van der Waals surface area (Å²) in [6, 6.07) is 21.2. The Balaban J connectivity index is 1.40. The lowest BCUT2D eigenvalue weighted by atomic mass is 10.00. The predicted molar refractivity (Wildman–Crippen MR) is 132 cm³/mol. The van der Waals surface area contributed by atoms with Crippen molar-refractivity contribution in [1.29, 1.82) is 0 Å². The van der Waals surface area contributed by atoms with Gasteiger partial charge in [-0.15, -0.1) is 0 Å². The molecular formula is C29H31F3N2O. The van der Waals surface area contributed by atoms with Gasteiger partial charge in [0.1, 0.15) is 5.82 Å². The highest BCUT2D eigenvalue weighted by Crippen LogP contribution is 2.23. The summed E-state index contributed by atoms with van der Waals surface area (Å²) in [6.45, 7) is 3.06. The fraction of sp³-hybridized carbons (Fsp3) is 0.345. The van der Waals surface area contributed by atoms with Crippen LogP contribution in [0, 0.1) is 17.5 Å². The lowest BCUT2D eigenvalue weighted by Gasteiger charge is -2.39. The molecule has 3 aromatic rings. The third kappa shape index (κ3) is 6.73. The lowest BCUT2D eigenvalue weighted by Crippen LogP contribution is -2.48. The van der Waals surface area contributed by atoms with E-state index in [2.05, 4.69) is 29.2 Å². The Labute approximate surface area is 205 Å². The third-order valence-electron chi connectivity index (χ3n) is 6.77. The van der Waals surface area contributed by atoms with Crippen molar-refractivity contribution >= 4 is 5.91 Å². The first-order chi connectivity index (χ1) is 17.0.